The Morgan fingerprint density at radius 3 is 2.88 bits per heavy atom. The maximum Gasteiger partial charge on any atom is 0.311 e. The average molecular weight is 231 g/mol. The summed E-state index contributed by atoms with van der Waals surface area (Å²) in [4.78, 5) is 11.3. The van der Waals surface area contributed by atoms with Crippen molar-refractivity contribution in [3.63, 3.8) is 0 Å². The molecule has 3 heteroatoms. The van der Waals surface area contributed by atoms with Gasteiger partial charge in [-0.05, 0) is 24.7 Å². The highest BCUT2D eigenvalue weighted by molar-refractivity contribution is 5.73. The Labute approximate surface area is 101 Å². The van der Waals surface area contributed by atoms with Crippen LogP contribution in [0.5, 0.6) is 0 Å². The van der Waals surface area contributed by atoms with Gasteiger partial charge in [0.05, 0.1) is 5.92 Å². The molecule has 3 nitrogen and oxygen atoms in total. The van der Waals surface area contributed by atoms with E-state index in [1.165, 1.54) is 0 Å². The third-order valence-electron chi connectivity index (χ3n) is 4.20. The van der Waals surface area contributed by atoms with E-state index in [1.54, 1.807) is 6.08 Å². The van der Waals surface area contributed by atoms with Gasteiger partial charge in [-0.15, -0.1) is 0 Å². The quantitative estimate of drug-likeness (QED) is 0.676. The van der Waals surface area contributed by atoms with E-state index in [2.05, 4.69) is 23.5 Å². The van der Waals surface area contributed by atoms with E-state index in [0.717, 1.165) is 12.8 Å². The fraction of sp³-hybridized carbons (Fsp3) is 0.500. The number of hydrogen-bond donors (Lipinski definition) is 2. The van der Waals surface area contributed by atoms with Crippen LogP contribution in [0.1, 0.15) is 12.8 Å². The van der Waals surface area contributed by atoms with Gasteiger partial charge in [0.2, 0.25) is 0 Å². The molecule has 5 atom stereocenters. The number of rotatable bonds is 1. The molecule has 2 aliphatic carbocycles. The van der Waals surface area contributed by atoms with Crippen LogP contribution in [0.2, 0.25) is 0 Å². The second kappa shape index (κ2) is 4.15. The Hall–Kier alpha value is -1.35. The predicted molar refractivity (Wildman–Crippen MR) is 65.5 cm³/mol. The van der Waals surface area contributed by atoms with E-state index in [1.807, 2.05) is 12.2 Å². The molecule has 1 aliphatic heterocycles. The number of fused-ring (bicyclic) bond motifs is 3. The fourth-order valence-corrected chi connectivity index (χ4v) is 3.40. The summed E-state index contributed by atoms with van der Waals surface area (Å²) in [7, 11) is 0. The summed E-state index contributed by atoms with van der Waals surface area (Å²) in [6.07, 6.45) is 14.5. The van der Waals surface area contributed by atoms with Crippen LogP contribution >= 0.6 is 0 Å². The van der Waals surface area contributed by atoms with E-state index in [-0.39, 0.29) is 6.04 Å². The molecule has 0 spiro atoms. The lowest BCUT2D eigenvalue weighted by Gasteiger charge is -2.24. The topological polar surface area (TPSA) is 49.3 Å². The van der Waals surface area contributed by atoms with Crippen molar-refractivity contribution in [1.29, 1.82) is 0 Å². The third kappa shape index (κ3) is 1.75. The van der Waals surface area contributed by atoms with E-state index >= 15 is 0 Å². The molecule has 0 bridgehead atoms. The van der Waals surface area contributed by atoms with Gasteiger partial charge >= 0.3 is 5.97 Å². The highest BCUT2D eigenvalue weighted by Crippen LogP contribution is 2.39. The van der Waals surface area contributed by atoms with Gasteiger partial charge in [0, 0.05) is 12.1 Å². The van der Waals surface area contributed by atoms with Crippen molar-refractivity contribution in [3.8, 4) is 0 Å². The third-order valence-corrected chi connectivity index (χ3v) is 4.20. The lowest BCUT2D eigenvalue weighted by molar-refractivity contribution is -0.141. The van der Waals surface area contributed by atoms with Gasteiger partial charge in [-0.3, -0.25) is 4.79 Å². The molecule has 0 aromatic carbocycles. The molecule has 0 saturated carbocycles. The lowest BCUT2D eigenvalue weighted by Crippen LogP contribution is -2.39. The molecule has 90 valence electrons. The van der Waals surface area contributed by atoms with Crippen LogP contribution < -0.4 is 5.32 Å². The molecule has 1 saturated heterocycles. The summed E-state index contributed by atoms with van der Waals surface area (Å²) in [5.74, 6) is -0.229. The Morgan fingerprint density at radius 1 is 1.24 bits per heavy atom. The SMILES string of the molecule is O=C(O)C1C=CC=CC2C3CCC=CC3NC12. The minimum Gasteiger partial charge on any atom is -0.481 e. The maximum absolute atomic E-state index is 11.3. The van der Waals surface area contributed by atoms with Crippen molar-refractivity contribution in [2.24, 2.45) is 17.8 Å². The maximum atomic E-state index is 11.3. The van der Waals surface area contributed by atoms with Gasteiger partial charge in [0.1, 0.15) is 0 Å². The molecule has 0 aromatic rings. The first kappa shape index (κ1) is 10.8. The smallest absolute Gasteiger partial charge is 0.311 e. The van der Waals surface area contributed by atoms with Crippen LogP contribution in [-0.2, 0) is 4.79 Å². The van der Waals surface area contributed by atoms with Crippen molar-refractivity contribution < 1.29 is 9.90 Å². The summed E-state index contributed by atoms with van der Waals surface area (Å²) in [5, 5.41) is 12.8. The first-order valence-electron chi connectivity index (χ1n) is 6.28. The lowest BCUT2D eigenvalue weighted by atomic mass is 9.79. The van der Waals surface area contributed by atoms with E-state index in [9.17, 15) is 9.90 Å². The minimum atomic E-state index is -0.727. The average Bonchev–Trinajstić information content (AvgIpc) is 2.54. The molecule has 3 aliphatic rings. The highest BCUT2D eigenvalue weighted by Gasteiger charge is 2.45. The summed E-state index contributed by atoms with van der Waals surface area (Å²) in [6, 6.07) is 0.400. The number of allylic oxidation sites excluding steroid dienone is 3. The molecule has 0 aromatic heterocycles. The van der Waals surface area contributed by atoms with Gasteiger partial charge in [0.15, 0.2) is 0 Å². The Morgan fingerprint density at radius 2 is 2.06 bits per heavy atom. The van der Waals surface area contributed by atoms with Gasteiger partial charge in [-0.1, -0.05) is 36.5 Å². The van der Waals surface area contributed by atoms with E-state index in [4.69, 9.17) is 0 Å². The van der Waals surface area contributed by atoms with Crippen molar-refractivity contribution >= 4 is 5.97 Å². The zero-order valence-electron chi connectivity index (χ0n) is 9.62. The van der Waals surface area contributed by atoms with Crippen molar-refractivity contribution in [1.82, 2.24) is 5.32 Å². The first-order valence-corrected chi connectivity index (χ1v) is 6.28. The molecule has 0 amide bonds. The van der Waals surface area contributed by atoms with Crippen molar-refractivity contribution in [2.75, 3.05) is 0 Å². The minimum absolute atomic E-state index is 0.0419. The van der Waals surface area contributed by atoms with Gasteiger partial charge < -0.3 is 10.4 Å². The fourth-order valence-electron chi connectivity index (χ4n) is 3.40. The molecule has 1 fully saturated rings. The first-order chi connectivity index (χ1) is 8.27. The number of aliphatic carboxylic acids is 1. The van der Waals surface area contributed by atoms with Gasteiger partial charge in [0.25, 0.3) is 0 Å². The molecular formula is C14H17NO2. The van der Waals surface area contributed by atoms with Crippen molar-refractivity contribution in [3.05, 3.63) is 36.5 Å². The molecule has 0 radical (unpaired) electrons. The Bertz CT molecular complexity index is 410. The number of hydrogen-bond acceptors (Lipinski definition) is 2. The zero-order valence-corrected chi connectivity index (χ0v) is 9.62. The normalized spacial score (nSPS) is 42.9. The summed E-state index contributed by atoms with van der Waals surface area (Å²) in [5.41, 5.74) is 0. The molecular weight excluding hydrogens is 214 g/mol. The van der Waals surface area contributed by atoms with Gasteiger partial charge in [-0.25, -0.2) is 0 Å². The summed E-state index contributed by atoms with van der Waals surface area (Å²) >= 11 is 0. The molecule has 5 unspecified atom stereocenters. The highest BCUT2D eigenvalue weighted by atomic mass is 16.4. The standard InChI is InChI=1S/C14H17NO2/c16-14(17)11-7-2-1-6-10-9-5-3-4-8-12(9)15-13(10)11/h1-2,4,6-13,15H,3,5H2,(H,16,17). The van der Waals surface area contributed by atoms with Crippen LogP contribution in [0.25, 0.3) is 0 Å². The van der Waals surface area contributed by atoms with Crippen LogP contribution in [0.15, 0.2) is 36.5 Å². The molecule has 2 N–H and O–H groups in total. The van der Waals surface area contributed by atoms with Crippen LogP contribution in [0, 0.1) is 17.8 Å². The number of carboxylic acids is 1. The second-order valence-electron chi connectivity index (χ2n) is 5.10. The molecule has 1 heterocycles. The Balaban J connectivity index is 1.92. The van der Waals surface area contributed by atoms with E-state index < -0.39 is 11.9 Å². The monoisotopic (exact) mass is 231 g/mol. The zero-order chi connectivity index (χ0) is 11.8. The van der Waals surface area contributed by atoms with Crippen LogP contribution in [0.4, 0.5) is 0 Å². The summed E-state index contributed by atoms with van der Waals surface area (Å²) < 4.78 is 0. The van der Waals surface area contributed by atoms with E-state index in [0.29, 0.717) is 17.9 Å². The predicted octanol–water partition coefficient (Wildman–Crippen LogP) is 1.74. The van der Waals surface area contributed by atoms with Crippen LogP contribution in [0.3, 0.4) is 0 Å². The number of nitrogens with one attached hydrogen (secondary N) is 1. The number of carbonyl (C=O) groups is 1. The second-order valence-corrected chi connectivity index (χ2v) is 5.10. The van der Waals surface area contributed by atoms with Crippen LogP contribution in [-0.4, -0.2) is 23.2 Å². The van der Waals surface area contributed by atoms with Crippen molar-refractivity contribution in [2.45, 2.75) is 24.9 Å². The largest absolute Gasteiger partial charge is 0.481 e. The molecule has 3 rings (SSSR count). The summed E-state index contributed by atoms with van der Waals surface area (Å²) in [6.45, 7) is 0. The Kier molecular flexibility index (Phi) is 2.63. The van der Waals surface area contributed by atoms with Gasteiger partial charge in [-0.2, -0.15) is 0 Å². The number of carboxylic acid groups (broad SMARTS) is 1. The molecule has 17 heavy (non-hydrogen) atoms.